The van der Waals surface area contributed by atoms with E-state index in [1.807, 2.05) is 0 Å². The van der Waals surface area contributed by atoms with Gasteiger partial charge in [0.05, 0.1) is 5.69 Å². The first kappa shape index (κ1) is 14.1. The van der Waals surface area contributed by atoms with Crippen molar-refractivity contribution < 1.29 is 12.9 Å². The molecule has 0 aromatic carbocycles. The predicted molar refractivity (Wildman–Crippen MR) is 75.4 cm³/mol. The van der Waals surface area contributed by atoms with Gasteiger partial charge in [-0.2, -0.15) is 5.10 Å². The van der Waals surface area contributed by atoms with Gasteiger partial charge in [-0.25, -0.2) is 8.42 Å². The Morgan fingerprint density at radius 2 is 2.14 bits per heavy atom. The molecule has 0 bridgehead atoms. The Morgan fingerprint density at radius 1 is 1.38 bits per heavy atom. The summed E-state index contributed by atoms with van der Waals surface area (Å²) in [5.74, 6) is 0.756. The normalized spacial score (nSPS) is 15.0. The maximum absolute atomic E-state index is 12.6. The topological polar surface area (TPSA) is 102 Å². The van der Waals surface area contributed by atoms with Gasteiger partial charge in [0, 0.05) is 32.1 Å². The van der Waals surface area contributed by atoms with Crippen LogP contribution in [0.1, 0.15) is 22.7 Å². The zero-order valence-corrected chi connectivity index (χ0v) is 12.9. The Morgan fingerprint density at radius 3 is 2.81 bits per heavy atom. The smallest absolute Gasteiger partial charge is 0.268 e. The summed E-state index contributed by atoms with van der Waals surface area (Å²) in [6, 6.07) is 0. The molecule has 3 rings (SSSR count). The molecule has 0 saturated carbocycles. The first-order chi connectivity index (χ1) is 9.90. The quantitative estimate of drug-likeness (QED) is 0.854. The van der Waals surface area contributed by atoms with Gasteiger partial charge in [0.1, 0.15) is 11.5 Å². The highest BCUT2D eigenvalue weighted by Gasteiger charge is 2.28. The standard InChI is InChI=1S/C12H17N5O3S/c1-7-11(8(2)20-15-7)21(18,19)16-12-9-6-13-5-4-10(9)14-17(12)3/h13,16H,4-6H2,1-3H3. The summed E-state index contributed by atoms with van der Waals surface area (Å²) in [6.07, 6.45) is 0.788. The third-order valence-corrected chi connectivity index (χ3v) is 5.12. The average molecular weight is 311 g/mol. The third kappa shape index (κ3) is 2.32. The molecule has 0 radical (unpaired) electrons. The molecule has 114 valence electrons. The predicted octanol–water partition coefficient (Wildman–Crippen LogP) is 0.471. The lowest BCUT2D eigenvalue weighted by Gasteiger charge is -2.14. The fourth-order valence-corrected chi connectivity index (χ4v) is 4.05. The Balaban J connectivity index is 2.03. The minimum atomic E-state index is -3.75. The number of anilines is 1. The number of fused-ring (bicyclic) bond motifs is 1. The number of aryl methyl sites for hydroxylation is 3. The molecule has 2 aromatic heterocycles. The van der Waals surface area contributed by atoms with Gasteiger partial charge in [0.15, 0.2) is 10.7 Å². The van der Waals surface area contributed by atoms with E-state index in [0.29, 0.717) is 18.1 Å². The van der Waals surface area contributed by atoms with Crippen LogP contribution in [0.3, 0.4) is 0 Å². The van der Waals surface area contributed by atoms with Crippen molar-refractivity contribution in [2.45, 2.75) is 31.7 Å². The van der Waals surface area contributed by atoms with Crippen LogP contribution in [-0.4, -0.2) is 29.9 Å². The second-order valence-corrected chi connectivity index (χ2v) is 6.70. The van der Waals surface area contributed by atoms with Crippen molar-refractivity contribution in [2.24, 2.45) is 7.05 Å². The van der Waals surface area contributed by atoms with Gasteiger partial charge in [-0.3, -0.25) is 9.40 Å². The fourth-order valence-electron chi connectivity index (χ4n) is 2.59. The highest BCUT2D eigenvalue weighted by atomic mass is 32.2. The van der Waals surface area contributed by atoms with Crippen LogP contribution in [-0.2, 0) is 30.0 Å². The molecular formula is C12H17N5O3S. The van der Waals surface area contributed by atoms with E-state index >= 15 is 0 Å². The number of hydrogen-bond acceptors (Lipinski definition) is 6. The number of hydrogen-bond donors (Lipinski definition) is 2. The van der Waals surface area contributed by atoms with Gasteiger partial charge in [-0.1, -0.05) is 5.16 Å². The molecule has 1 aliphatic rings. The van der Waals surface area contributed by atoms with Crippen molar-refractivity contribution in [1.82, 2.24) is 20.3 Å². The van der Waals surface area contributed by atoms with Gasteiger partial charge >= 0.3 is 0 Å². The van der Waals surface area contributed by atoms with Crippen molar-refractivity contribution in [2.75, 3.05) is 11.3 Å². The van der Waals surface area contributed by atoms with Crippen molar-refractivity contribution in [1.29, 1.82) is 0 Å². The second-order valence-electron chi connectivity index (χ2n) is 5.08. The first-order valence-corrected chi connectivity index (χ1v) is 8.09. The zero-order chi connectivity index (χ0) is 15.2. The minimum absolute atomic E-state index is 0.0845. The maximum atomic E-state index is 12.6. The summed E-state index contributed by atoms with van der Waals surface area (Å²) in [5, 5.41) is 11.3. The van der Waals surface area contributed by atoms with Gasteiger partial charge < -0.3 is 9.84 Å². The summed E-state index contributed by atoms with van der Waals surface area (Å²) in [6.45, 7) is 4.63. The maximum Gasteiger partial charge on any atom is 0.268 e. The molecule has 21 heavy (non-hydrogen) atoms. The number of sulfonamides is 1. The molecule has 8 nitrogen and oxygen atoms in total. The number of nitrogens with one attached hydrogen (secondary N) is 2. The Kier molecular flexibility index (Phi) is 3.25. The van der Waals surface area contributed by atoms with Crippen LogP contribution in [0, 0.1) is 13.8 Å². The van der Waals surface area contributed by atoms with E-state index in [2.05, 4.69) is 20.3 Å². The summed E-state index contributed by atoms with van der Waals surface area (Å²) in [4.78, 5) is 0.0845. The molecule has 0 amide bonds. The molecule has 3 heterocycles. The molecule has 1 aliphatic heterocycles. The molecule has 2 N–H and O–H groups in total. The van der Waals surface area contributed by atoms with Crippen molar-refractivity contribution >= 4 is 15.8 Å². The fraction of sp³-hybridized carbons (Fsp3) is 0.500. The highest BCUT2D eigenvalue weighted by molar-refractivity contribution is 7.92. The van der Waals surface area contributed by atoms with E-state index in [9.17, 15) is 8.42 Å². The third-order valence-electron chi connectivity index (χ3n) is 3.54. The van der Waals surface area contributed by atoms with E-state index in [4.69, 9.17) is 4.52 Å². The first-order valence-electron chi connectivity index (χ1n) is 6.61. The molecule has 0 saturated heterocycles. The largest absolute Gasteiger partial charge is 0.360 e. The van der Waals surface area contributed by atoms with E-state index in [-0.39, 0.29) is 10.7 Å². The van der Waals surface area contributed by atoms with Crippen LogP contribution in [0.4, 0.5) is 5.82 Å². The molecule has 2 aromatic rings. The van der Waals surface area contributed by atoms with Crippen LogP contribution < -0.4 is 10.0 Å². The van der Waals surface area contributed by atoms with E-state index in [0.717, 1.165) is 24.2 Å². The Bertz CT molecular complexity index is 771. The minimum Gasteiger partial charge on any atom is -0.360 e. The summed E-state index contributed by atoms with van der Waals surface area (Å²) in [5.41, 5.74) is 2.15. The SMILES string of the molecule is Cc1noc(C)c1S(=O)(=O)Nc1c2c(nn1C)CCNC2. The van der Waals surface area contributed by atoms with Crippen molar-refractivity contribution in [3.63, 3.8) is 0 Å². The lowest BCUT2D eigenvalue weighted by molar-refractivity contribution is 0.390. The molecule has 0 aliphatic carbocycles. The van der Waals surface area contributed by atoms with Gasteiger partial charge in [0.25, 0.3) is 10.0 Å². The summed E-state index contributed by atoms with van der Waals surface area (Å²) in [7, 11) is -2.03. The molecular weight excluding hydrogens is 294 g/mol. The van der Waals surface area contributed by atoms with Crippen molar-refractivity contribution in [3.8, 4) is 0 Å². The van der Waals surface area contributed by atoms with Crippen LogP contribution in [0.25, 0.3) is 0 Å². The molecule has 0 atom stereocenters. The highest BCUT2D eigenvalue weighted by Crippen LogP contribution is 2.27. The van der Waals surface area contributed by atoms with Gasteiger partial charge in [-0.15, -0.1) is 0 Å². The van der Waals surface area contributed by atoms with E-state index in [1.165, 1.54) is 0 Å². The van der Waals surface area contributed by atoms with Crippen molar-refractivity contribution in [3.05, 3.63) is 22.7 Å². The Labute approximate surface area is 122 Å². The van der Waals surface area contributed by atoms with Crippen LogP contribution in [0.5, 0.6) is 0 Å². The van der Waals surface area contributed by atoms with Gasteiger partial charge in [-0.05, 0) is 13.8 Å². The molecule has 0 fully saturated rings. The summed E-state index contributed by atoms with van der Waals surface area (Å²) >= 11 is 0. The molecule has 0 spiro atoms. The molecule has 9 heteroatoms. The number of nitrogens with zero attached hydrogens (tertiary/aromatic N) is 3. The summed E-state index contributed by atoms with van der Waals surface area (Å²) < 4.78 is 34.2. The lowest BCUT2D eigenvalue weighted by atomic mass is 10.1. The zero-order valence-electron chi connectivity index (χ0n) is 12.1. The van der Waals surface area contributed by atoms with Crippen LogP contribution in [0.15, 0.2) is 9.42 Å². The number of aromatic nitrogens is 3. The number of rotatable bonds is 3. The van der Waals surface area contributed by atoms with E-state index in [1.54, 1.807) is 25.6 Å². The van der Waals surface area contributed by atoms with Crippen LogP contribution in [0.2, 0.25) is 0 Å². The molecule has 0 unspecified atom stereocenters. The lowest BCUT2D eigenvalue weighted by Crippen LogP contribution is -2.24. The Hall–Kier alpha value is -1.87. The average Bonchev–Trinajstić information content (AvgIpc) is 2.91. The van der Waals surface area contributed by atoms with Crippen LogP contribution >= 0.6 is 0 Å². The van der Waals surface area contributed by atoms with E-state index < -0.39 is 10.0 Å². The monoisotopic (exact) mass is 311 g/mol. The second kappa shape index (κ2) is 4.85. The van der Waals surface area contributed by atoms with Gasteiger partial charge in [0.2, 0.25) is 0 Å².